The average molecular weight is 312 g/mol. The lowest BCUT2D eigenvalue weighted by molar-refractivity contribution is -0.118. The van der Waals surface area contributed by atoms with Gasteiger partial charge in [-0.15, -0.1) is 0 Å². The molecule has 0 unspecified atom stereocenters. The maximum Gasteiger partial charge on any atom is 0.278 e. The van der Waals surface area contributed by atoms with Gasteiger partial charge in [0.15, 0.2) is 5.11 Å². The van der Waals surface area contributed by atoms with Gasteiger partial charge < -0.3 is 5.32 Å². The molecule has 0 radical (unpaired) electrons. The van der Waals surface area contributed by atoms with Crippen molar-refractivity contribution in [2.24, 2.45) is 0 Å². The predicted octanol–water partition coefficient (Wildman–Crippen LogP) is 3.18. The Hall–Kier alpha value is -0.550. The quantitative estimate of drug-likeness (QED) is 0.618. The summed E-state index contributed by atoms with van der Waals surface area (Å²) in [6.45, 7) is 1.96. The molecule has 0 aromatic heterocycles. The van der Waals surface area contributed by atoms with E-state index in [9.17, 15) is 4.79 Å². The summed E-state index contributed by atoms with van der Waals surface area (Å²) in [5.74, 6) is -0.799. The molecule has 0 fully saturated rings. The Morgan fingerprint density at radius 1 is 1.24 bits per heavy atom. The molecule has 92 valence electrons. The van der Waals surface area contributed by atoms with E-state index in [2.05, 4.69) is 10.6 Å². The molecule has 0 spiro atoms. The van der Waals surface area contributed by atoms with Gasteiger partial charge in [0.25, 0.3) is 9.70 Å². The molecule has 7 heteroatoms. The van der Waals surface area contributed by atoms with E-state index in [1.165, 1.54) is 0 Å². The summed E-state index contributed by atoms with van der Waals surface area (Å²) in [6, 6.07) is 7.45. The molecule has 0 atom stereocenters. The normalized spacial score (nSPS) is 10.8. The van der Waals surface area contributed by atoms with E-state index in [1.54, 1.807) is 0 Å². The van der Waals surface area contributed by atoms with E-state index in [1.807, 2.05) is 31.2 Å². The minimum Gasteiger partial charge on any atom is -0.332 e. The van der Waals surface area contributed by atoms with Gasteiger partial charge in [-0.1, -0.05) is 52.5 Å². The van der Waals surface area contributed by atoms with Gasteiger partial charge in [-0.2, -0.15) is 0 Å². The third-order valence-electron chi connectivity index (χ3n) is 1.79. The standard InChI is InChI=1S/C10H9Cl3N2OS/c1-6-2-4-7(5-3-6)14-9(17)15-8(16)10(11,12)13/h2-5H,1H3,(H2,14,15,16,17). The molecule has 1 aromatic carbocycles. The van der Waals surface area contributed by atoms with Gasteiger partial charge in [0.05, 0.1) is 0 Å². The van der Waals surface area contributed by atoms with E-state index in [-0.39, 0.29) is 5.11 Å². The first-order valence-corrected chi connectivity index (χ1v) is 6.09. The van der Waals surface area contributed by atoms with Crippen molar-refractivity contribution < 1.29 is 4.79 Å². The lowest BCUT2D eigenvalue weighted by Crippen LogP contribution is -2.41. The number of carbonyl (C=O) groups is 1. The summed E-state index contributed by atoms with van der Waals surface area (Å²) < 4.78 is -2.03. The first kappa shape index (κ1) is 14.5. The van der Waals surface area contributed by atoms with Crippen molar-refractivity contribution in [1.29, 1.82) is 0 Å². The van der Waals surface area contributed by atoms with Crippen LogP contribution in [0.5, 0.6) is 0 Å². The van der Waals surface area contributed by atoms with Crippen LogP contribution in [-0.2, 0) is 4.79 Å². The van der Waals surface area contributed by atoms with Crippen molar-refractivity contribution in [3.63, 3.8) is 0 Å². The van der Waals surface area contributed by atoms with E-state index in [0.29, 0.717) is 0 Å². The topological polar surface area (TPSA) is 41.1 Å². The highest BCUT2D eigenvalue weighted by Gasteiger charge is 2.31. The van der Waals surface area contributed by atoms with Crippen LogP contribution in [0.15, 0.2) is 24.3 Å². The van der Waals surface area contributed by atoms with Crippen molar-refractivity contribution in [3.8, 4) is 0 Å². The van der Waals surface area contributed by atoms with E-state index in [0.717, 1.165) is 11.3 Å². The number of benzene rings is 1. The summed E-state index contributed by atoms with van der Waals surface area (Å²) >= 11 is 21.0. The number of amides is 1. The molecule has 0 saturated heterocycles. The van der Waals surface area contributed by atoms with Crippen molar-refractivity contribution in [2.45, 2.75) is 10.7 Å². The number of nitrogens with one attached hydrogen (secondary N) is 2. The second kappa shape index (κ2) is 5.87. The molecular weight excluding hydrogens is 303 g/mol. The molecule has 1 rings (SSSR count). The zero-order valence-corrected chi connectivity index (χ0v) is 11.8. The van der Waals surface area contributed by atoms with E-state index >= 15 is 0 Å². The molecular formula is C10H9Cl3N2OS. The van der Waals surface area contributed by atoms with E-state index < -0.39 is 9.70 Å². The lowest BCUT2D eigenvalue weighted by Gasteiger charge is -2.13. The van der Waals surface area contributed by atoms with Gasteiger partial charge in [0.1, 0.15) is 0 Å². The number of aryl methyl sites for hydroxylation is 1. The second-order valence-corrected chi connectivity index (χ2v) is 5.96. The summed E-state index contributed by atoms with van der Waals surface area (Å²) in [4.78, 5) is 11.3. The third-order valence-corrected chi connectivity index (χ3v) is 2.51. The maximum atomic E-state index is 11.3. The molecule has 0 bridgehead atoms. The Bertz CT molecular complexity index is 428. The van der Waals surface area contributed by atoms with Gasteiger partial charge >= 0.3 is 0 Å². The smallest absolute Gasteiger partial charge is 0.278 e. The van der Waals surface area contributed by atoms with Crippen LogP contribution >= 0.6 is 47.0 Å². The highest BCUT2D eigenvalue weighted by atomic mass is 35.6. The highest BCUT2D eigenvalue weighted by molar-refractivity contribution is 7.80. The minimum atomic E-state index is -2.03. The number of thiocarbonyl (C=S) groups is 1. The van der Waals surface area contributed by atoms with Gasteiger partial charge in [-0.3, -0.25) is 10.1 Å². The number of halogens is 3. The number of rotatable bonds is 1. The minimum absolute atomic E-state index is 0.0742. The van der Waals surface area contributed by atoms with Gasteiger partial charge in [0, 0.05) is 5.69 Å². The predicted molar refractivity (Wildman–Crippen MR) is 75.8 cm³/mol. The van der Waals surface area contributed by atoms with Crippen LogP contribution in [-0.4, -0.2) is 14.8 Å². The molecule has 17 heavy (non-hydrogen) atoms. The van der Waals surface area contributed by atoms with Gasteiger partial charge in [-0.05, 0) is 31.3 Å². The average Bonchev–Trinajstić information content (AvgIpc) is 2.20. The Balaban J connectivity index is 2.56. The maximum absolute atomic E-state index is 11.3. The summed E-state index contributed by atoms with van der Waals surface area (Å²) in [7, 11) is 0. The third kappa shape index (κ3) is 5.08. The number of carbonyl (C=O) groups excluding carboxylic acids is 1. The molecule has 3 nitrogen and oxygen atoms in total. The fraction of sp³-hybridized carbons (Fsp3) is 0.200. The fourth-order valence-electron chi connectivity index (χ4n) is 0.973. The van der Waals surface area contributed by atoms with Crippen LogP contribution in [0.25, 0.3) is 0 Å². The number of alkyl halides is 3. The monoisotopic (exact) mass is 310 g/mol. The van der Waals surface area contributed by atoms with Crippen LogP contribution in [0, 0.1) is 6.92 Å². The Morgan fingerprint density at radius 3 is 2.24 bits per heavy atom. The Morgan fingerprint density at radius 2 is 1.76 bits per heavy atom. The Kier molecular flexibility index (Phi) is 5.01. The summed E-state index contributed by atoms with van der Waals surface area (Å²) in [5.41, 5.74) is 1.86. The zero-order chi connectivity index (χ0) is 13.1. The molecule has 0 heterocycles. The van der Waals surface area contributed by atoms with E-state index in [4.69, 9.17) is 47.0 Å². The van der Waals surface area contributed by atoms with Gasteiger partial charge in [-0.25, -0.2) is 0 Å². The van der Waals surface area contributed by atoms with Crippen molar-refractivity contribution in [3.05, 3.63) is 29.8 Å². The molecule has 0 aliphatic carbocycles. The van der Waals surface area contributed by atoms with Crippen LogP contribution in [0.3, 0.4) is 0 Å². The molecule has 1 amide bonds. The van der Waals surface area contributed by atoms with Crippen LogP contribution in [0.2, 0.25) is 0 Å². The van der Waals surface area contributed by atoms with Crippen LogP contribution in [0.4, 0.5) is 5.69 Å². The second-order valence-electron chi connectivity index (χ2n) is 3.27. The largest absolute Gasteiger partial charge is 0.332 e. The lowest BCUT2D eigenvalue weighted by atomic mass is 10.2. The van der Waals surface area contributed by atoms with Crippen molar-refractivity contribution >= 4 is 63.7 Å². The SMILES string of the molecule is Cc1ccc(NC(=S)NC(=O)C(Cl)(Cl)Cl)cc1. The first-order chi connectivity index (χ1) is 7.79. The molecule has 0 aliphatic heterocycles. The fourth-order valence-corrected chi connectivity index (χ4v) is 1.33. The van der Waals surface area contributed by atoms with Crippen molar-refractivity contribution in [2.75, 3.05) is 5.32 Å². The number of hydrogen-bond donors (Lipinski definition) is 2. The van der Waals surface area contributed by atoms with Crippen LogP contribution < -0.4 is 10.6 Å². The summed E-state index contributed by atoms with van der Waals surface area (Å²) in [5, 5.41) is 5.14. The first-order valence-electron chi connectivity index (χ1n) is 4.55. The van der Waals surface area contributed by atoms with Crippen molar-refractivity contribution in [1.82, 2.24) is 5.32 Å². The summed E-state index contributed by atoms with van der Waals surface area (Å²) in [6.07, 6.45) is 0. The molecule has 0 aliphatic rings. The van der Waals surface area contributed by atoms with Gasteiger partial charge in [0.2, 0.25) is 0 Å². The zero-order valence-electron chi connectivity index (χ0n) is 8.76. The number of hydrogen-bond acceptors (Lipinski definition) is 2. The molecule has 1 aromatic rings. The van der Waals surface area contributed by atoms with Crippen LogP contribution in [0.1, 0.15) is 5.56 Å². The molecule has 2 N–H and O–H groups in total. The number of anilines is 1. The molecule has 0 saturated carbocycles. The Labute approximate surface area is 119 Å². The highest BCUT2D eigenvalue weighted by Crippen LogP contribution is 2.25.